The molecule has 1 aromatic carbocycles. The lowest BCUT2D eigenvalue weighted by Crippen LogP contribution is -2.32. The summed E-state index contributed by atoms with van der Waals surface area (Å²) in [6.07, 6.45) is 3.45. The summed E-state index contributed by atoms with van der Waals surface area (Å²) in [6.45, 7) is 0. The quantitative estimate of drug-likeness (QED) is 0.784. The van der Waals surface area contributed by atoms with Crippen LogP contribution in [0.2, 0.25) is 0 Å². The van der Waals surface area contributed by atoms with Crippen LogP contribution in [0.5, 0.6) is 0 Å². The molecule has 110 valence electrons. The zero-order valence-corrected chi connectivity index (χ0v) is 11.3. The van der Waals surface area contributed by atoms with Crippen LogP contribution >= 0.6 is 0 Å². The van der Waals surface area contributed by atoms with Crippen LogP contribution < -0.4 is 0 Å². The molecule has 1 aliphatic heterocycles. The molecule has 1 fully saturated rings. The summed E-state index contributed by atoms with van der Waals surface area (Å²) in [6, 6.07) is 6.56. The predicted molar refractivity (Wildman–Crippen MR) is 70.7 cm³/mol. The average Bonchev–Trinajstić information content (AvgIpc) is 3.22. The number of carbonyl (C=O) groups excluding carboxylic acids is 3. The molecule has 4 rings (SSSR count). The first kappa shape index (κ1) is 12.7. The van der Waals surface area contributed by atoms with Crippen molar-refractivity contribution < 1.29 is 19.2 Å². The Bertz CT molecular complexity index is 774. The van der Waals surface area contributed by atoms with Crippen molar-refractivity contribution in [1.82, 2.24) is 20.1 Å². The molecule has 0 radical (unpaired) electrons. The third-order valence-corrected chi connectivity index (χ3v) is 3.57. The molecule has 2 heterocycles. The van der Waals surface area contributed by atoms with Gasteiger partial charge in [-0.3, -0.25) is 9.59 Å². The molecule has 8 nitrogen and oxygen atoms in total. The van der Waals surface area contributed by atoms with E-state index in [-0.39, 0.29) is 22.9 Å². The van der Waals surface area contributed by atoms with Crippen LogP contribution in [-0.4, -0.2) is 37.8 Å². The van der Waals surface area contributed by atoms with Crippen molar-refractivity contribution in [3.8, 4) is 0 Å². The van der Waals surface area contributed by atoms with Crippen molar-refractivity contribution in [2.45, 2.75) is 18.9 Å². The van der Waals surface area contributed by atoms with Crippen molar-refractivity contribution >= 4 is 17.8 Å². The zero-order chi connectivity index (χ0) is 15.3. The number of rotatable bonds is 3. The topological polar surface area (TPSA) is 94.4 Å². The largest absolute Gasteiger partial charge is 0.385 e. The van der Waals surface area contributed by atoms with Gasteiger partial charge in [-0.2, -0.15) is 0 Å². The van der Waals surface area contributed by atoms with Crippen LogP contribution in [0, 0.1) is 0 Å². The van der Waals surface area contributed by atoms with Crippen molar-refractivity contribution in [2.24, 2.45) is 0 Å². The number of fused-ring (bicyclic) bond motifs is 1. The molecule has 2 aliphatic rings. The van der Waals surface area contributed by atoms with Gasteiger partial charge in [0.05, 0.1) is 23.4 Å². The molecule has 2 aromatic rings. The van der Waals surface area contributed by atoms with E-state index in [0.29, 0.717) is 5.06 Å². The lowest BCUT2D eigenvalue weighted by molar-refractivity contribution is -0.0588. The number of hydroxylamine groups is 2. The lowest BCUT2D eigenvalue weighted by Gasteiger charge is -2.11. The summed E-state index contributed by atoms with van der Waals surface area (Å²) in [5.74, 6) is -2.21. The van der Waals surface area contributed by atoms with E-state index in [9.17, 15) is 14.4 Å². The maximum atomic E-state index is 12.1. The maximum Gasteiger partial charge on any atom is 0.385 e. The third kappa shape index (κ3) is 1.88. The van der Waals surface area contributed by atoms with Gasteiger partial charge < -0.3 is 4.84 Å². The number of benzene rings is 1. The second kappa shape index (κ2) is 4.48. The molecule has 1 aromatic heterocycles. The van der Waals surface area contributed by atoms with E-state index >= 15 is 0 Å². The highest BCUT2D eigenvalue weighted by Gasteiger charge is 2.39. The Morgan fingerprint density at radius 1 is 1.14 bits per heavy atom. The Morgan fingerprint density at radius 3 is 2.36 bits per heavy atom. The summed E-state index contributed by atoms with van der Waals surface area (Å²) in [4.78, 5) is 41.1. The number of nitrogens with zero attached hydrogens (tertiary/aromatic N) is 4. The first-order valence-electron chi connectivity index (χ1n) is 6.77. The highest BCUT2D eigenvalue weighted by Crippen LogP contribution is 2.33. The summed E-state index contributed by atoms with van der Waals surface area (Å²) in [7, 11) is 0. The van der Waals surface area contributed by atoms with Gasteiger partial charge in [0.25, 0.3) is 11.8 Å². The minimum absolute atomic E-state index is 0.0385. The van der Waals surface area contributed by atoms with E-state index < -0.39 is 17.8 Å². The van der Waals surface area contributed by atoms with Crippen LogP contribution in [0.1, 0.15) is 50.1 Å². The van der Waals surface area contributed by atoms with Crippen LogP contribution in [0.15, 0.2) is 30.5 Å². The lowest BCUT2D eigenvalue weighted by atomic mass is 10.1. The van der Waals surface area contributed by atoms with Gasteiger partial charge in [0, 0.05) is 0 Å². The van der Waals surface area contributed by atoms with Crippen LogP contribution in [-0.2, 0) is 4.84 Å². The summed E-state index contributed by atoms with van der Waals surface area (Å²) in [5, 5.41) is 8.00. The number of amides is 2. The van der Waals surface area contributed by atoms with Gasteiger partial charge in [0.1, 0.15) is 0 Å². The Hall–Kier alpha value is -3.03. The van der Waals surface area contributed by atoms with E-state index in [0.717, 1.165) is 12.8 Å². The molecule has 0 saturated heterocycles. The third-order valence-electron chi connectivity index (χ3n) is 3.57. The monoisotopic (exact) mass is 298 g/mol. The van der Waals surface area contributed by atoms with Gasteiger partial charge in [0.15, 0.2) is 5.69 Å². The van der Waals surface area contributed by atoms with Gasteiger partial charge in [-0.05, 0) is 25.0 Å². The number of hydrogen-bond acceptors (Lipinski definition) is 6. The summed E-state index contributed by atoms with van der Waals surface area (Å²) in [5.41, 5.74) is 0.382. The van der Waals surface area contributed by atoms with Gasteiger partial charge in [-0.15, -0.1) is 5.10 Å². The van der Waals surface area contributed by atoms with Crippen molar-refractivity contribution in [1.29, 1.82) is 0 Å². The van der Waals surface area contributed by atoms with Gasteiger partial charge in [0.2, 0.25) is 0 Å². The van der Waals surface area contributed by atoms with E-state index in [1.807, 2.05) is 0 Å². The Balaban J connectivity index is 1.55. The van der Waals surface area contributed by atoms with Crippen LogP contribution in [0.3, 0.4) is 0 Å². The van der Waals surface area contributed by atoms with E-state index in [1.165, 1.54) is 18.3 Å². The number of hydrogen-bond donors (Lipinski definition) is 0. The Kier molecular flexibility index (Phi) is 2.59. The first-order chi connectivity index (χ1) is 10.6. The molecule has 0 atom stereocenters. The molecule has 0 spiro atoms. The predicted octanol–water partition coefficient (Wildman–Crippen LogP) is 0.981. The van der Waals surface area contributed by atoms with E-state index in [2.05, 4.69) is 10.3 Å². The van der Waals surface area contributed by atoms with Gasteiger partial charge >= 0.3 is 5.97 Å². The molecule has 0 bridgehead atoms. The van der Waals surface area contributed by atoms with Crippen molar-refractivity contribution in [3.05, 3.63) is 47.3 Å². The summed E-state index contributed by atoms with van der Waals surface area (Å²) < 4.78 is 1.58. The number of imide groups is 1. The Labute approximate surface area is 124 Å². The molecule has 0 N–H and O–H groups in total. The average molecular weight is 298 g/mol. The smallest absolute Gasteiger partial charge is 0.322 e. The highest BCUT2D eigenvalue weighted by molar-refractivity contribution is 6.21. The van der Waals surface area contributed by atoms with Gasteiger partial charge in [-0.25, -0.2) is 9.48 Å². The normalized spacial score (nSPS) is 16.8. The second-order valence-electron chi connectivity index (χ2n) is 5.14. The second-order valence-corrected chi connectivity index (χ2v) is 5.14. The van der Waals surface area contributed by atoms with E-state index in [1.54, 1.807) is 16.8 Å². The van der Waals surface area contributed by atoms with E-state index in [4.69, 9.17) is 4.84 Å². The SMILES string of the molecule is O=C(ON1C(=O)c2ccccc2C1=O)c1cn(C2CC2)nn1. The molecular formula is C14H10N4O4. The van der Waals surface area contributed by atoms with Crippen molar-refractivity contribution in [3.63, 3.8) is 0 Å². The van der Waals surface area contributed by atoms with Crippen LogP contribution in [0.25, 0.3) is 0 Å². The molecule has 0 unspecified atom stereocenters. The minimum Gasteiger partial charge on any atom is -0.322 e. The Morgan fingerprint density at radius 2 is 1.77 bits per heavy atom. The van der Waals surface area contributed by atoms with Crippen molar-refractivity contribution in [2.75, 3.05) is 0 Å². The fourth-order valence-corrected chi connectivity index (χ4v) is 2.27. The molecule has 1 aliphatic carbocycles. The standard InChI is InChI=1S/C14H10N4O4/c19-12-9-3-1-2-4-10(9)13(20)18(12)22-14(21)11-7-17(16-15-11)8-5-6-8/h1-4,7-8H,5-6H2. The molecular weight excluding hydrogens is 288 g/mol. The number of aromatic nitrogens is 3. The number of carbonyl (C=O) groups is 3. The highest BCUT2D eigenvalue weighted by atomic mass is 16.7. The molecule has 22 heavy (non-hydrogen) atoms. The zero-order valence-electron chi connectivity index (χ0n) is 11.3. The molecule has 1 saturated carbocycles. The summed E-state index contributed by atoms with van der Waals surface area (Å²) >= 11 is 0. The van der Waals surface area contributed by atoms with Gasteiger partial charge in [-0.1, -0.05) is 22.4 Å². The molecule has 2 amide bonds. The first-order valence-corrected chi connectivity index (χ1v) is 6.77. The van der Waals surface area contributed by atoms with Crippen LogP contribution in [0.4, 0.5) is 0 Å². The fraction of sp³-hybridized carbons (Fsp3) is 0.214. The molecule has 8 heteroatoms. The minimum atomic E-state index is -0.888. The fourth-order valence-electron chi connectivity index (χ4n) is 2.27. The maximum absolute atomic E-state index is 12.1.